The first-order chi connectivity index (χ1) is 13.6. The quantitative estimate of drug-likeness (QED) is 0.413. The van der Waals surface area contributed by atoms with Crippen LogP contribution in [0.2, 0.25) is 5.02 Å². The summed E-state index contributed by atoms with van der Waals surface area (Å²) in [7, 11) is 0. The van der Waals surface area contributed by atoms with Gasteiger partial charge in [0.25, 0.3) is 0 Å². The normalized spacial score (nSPS) is 10.3. The SMILES string of the molecule is O=C(CCCOc1ccc(Cl)cc1)Nc1ccccc1C(=O)c1ccccc1. The Labute approximate surface area is 169 Å². The molecule has 0 radical (unpaired) electrons. The lowest BCUT2D eigenvalue weighted by Crippen LogP contribution is -2.15. The van der Waals surface area contributed by atoms with E-state index in [0.29, 0.717) is 47.0 Å². The molecule has 0 saturated heterocycles. The van der Waals surface area contributed by atoms with Crippen molar-refractivity contribution in [1.82, 2.24) is 0 Å². The van der Waals surface area contributed by atoms with Crippen molar-refractivity contribution in [2.75, 3.05) is 11.9 Å². The molecule has 0 fully saturated rings. The summed E-state index contributed by atoms with van der Waals surface area (Å²) in [5.41, 5.74) is 1.57. The van der Waals surface area contributed by atoms with Crippen LogP contribution in [0.4, 0.5) is 5.69 Å². The molecule has 3 rings (SSSR count). The number of ketones is 1. The van der Waals surface area contributed by atoms with Gasteiger partial charge in [-0.2, -0.15) is 0 Å². The molecule has 0 spiro atoms. The first-order valence-electron chi connectivity index (χ1n) is 9.00. The molecule has 0 bridgehead atoms. The Morgan fingerprint density at radius 1 is 0.857 bits per heavy atom. The van der Waals surface area contributed by atoms with Crippen molar-refractivity contribution < 1.29 is 14.3 Å². The first-order valence-corrected chi connectivity index (χ1v) is 9.38. The largest absolute Gasteiger partial charge is 0.494 e. The van der Waals surface area contributed by atoms with Crippen LogP contribution >= 0.6 is 11.6 Å². The van der Waals surface area contributed by atoms with Crippen molar-refractivity contribution in [1.29, 1.82) is 0 Å². The highest BCUT2D eigenvalue weighted by molar-refractivity contribution is 6.30. The molecule has 0 saturated carbocycles. The number of amides is 1. The molecule has 0 unspecified atom stereocenters. The zero-order valence-electron chi connectivity index (χ0n) is 15.2. The van der Waals surface area contributed by atoms with Gasteiger partial charge in [0.15, 0.2) is 5.78 Å². The third kappa shape index (κ3) is 5.44. The predicted octanol–water partition coefficient (Wildman–Crippen LogP) is 5.37. The number of halogens is 1. The first kappa shape index (κ1) is 19.6. The van der Waals surface area contributed by atoms with E-state index in [4.69, 9.17) is 16.3 Å². The van der Waals surface area contributed by atoms with Gasteiger partial charge >= 0.3 is 0 Å². The molecular weight excluding hydrogens is 374 g/mol. The van der Waals surface area contributed by atoms with Gasteiger partial charge in [0.1, 0.15) is 5.75 Å². The predicted molar refractivity (Wildman–Crippen MR) is 111 cm³/mol. The van der Waals surface area contributed by atoms with Gasteiger partial charge in [-0.1, -0.05) is 54.1 Å². The highest BCUT2D eigenvalue weighted by Gasteiger charge is 2.14. The fourth-order valence-electron chi connectivity index (χ4n) is 2.70. The maximum Gasteiger partial charge on any atom is 0.224 e. The summed E-state index contributed by atoms with van der Waals surface area (Å²) < 4.78 is 5.59. The molecule has 1 amide bonds. The summed E-state index contributed by atoms with van der Waals surface area (Å²) >= 11 is 5.83. The van der Waals surface area contributed by atoms with Crippen LogP contribution in [0.1, 0.15) is 28.8 Å². The summed E-state index contributed by atoms with van der Waals surface area (Å²) in [6, 6.07) is 23.1. The van der Waals surface area contributed by atoms with Gasteiger partial charge in [0.2, 0.25) is 5.91 Å². The summed E-state index contributed by atoms with van der Waals surface area (Å²) in [5, 5.41) is 3.48. The van der Waals surface area contributed by atoms with Crippen LogP contribution in [-0.2, 0) is 4.79 Å². The molecule has 142 valence electrons. The molecule has 0 atom stereocenters. The van der Waals surface area contributed by atoms with Crippen molar-refractivity contribution in [3.05, 3.63) is 95.0 Å². The van der Waals surface area contributed by atoms with Gasteiger partial charge < -0.3 is 10.1 Å². The maximum atomic E-state index is 12.7. The van der Waals surface area contributed by atoms with E-state index in [1.807, 2.05) is 18.2 Å². The van der Waals surface area contributed by atoms with Gasteiger partial charge in [-0.3, -0.25) is 9.59 Å². The fourth-order valence-corrected chi connectivity index (χ4v) is 2.83. The van der Waals surface area contributed by atoms with E-state index >= 15 is 0 Å². The lowest BCUT2D eigenvalue weighted by molar-refractivity contribution is -0.116. The Bertz CT molecular complexity index is 940. The minimum atomic E-state index is -0.159. The second-order valence-corrected chi connectivity index (χ2v) is 6.63. The van der Waals surface area contributed by atoms with Crippen LogP contribution in [0.25, 0.3) is 0 Å². The topological polar surface area (TPSA) is 55.4 Å². The number of carbonyl (C=O) groups is 2. The van der Waals surface area contributed by atoms with E-state index in [1.165, 1.54) is 0 Å². The molecule has 28 heavy (non-hydrogen) atoms. The van der Waals surface area contributed by atoms with Crippen molar-refractivity contribution in [3.8, 4) is 5.75 Å². The number of benzene rings is 3. The van der Waals surface area contributed by atoms with Gasteiger partial charge in [-0.15, -0.1) is 0 Å². The lowest BCUT2D eigenvalue weighted by atomic mass is 10.0. The van der Waals surface area contributed by atoms with E-state index < -0.39 is 0 Å². The van der Waals surface area contributed by atoms with Gasteiger partial charge in [0, 0.05) is 22.6 Å². The number of carbonyl (C=O) groups excluding carboxylic acids is 2. The van der Waals surface area contributed by atoms with Crippen LogP contribution in [0, 0.1) is 0 Å². The van der Waals surface area contributed by atoms with Crippen LogP contribution < -0.4 is 10.1 Å². The fraction of sp³-hybridized carbons (Fsp3) is 0.130. The van der Waals surface area contributed by atoms with Crippen molar-refractivity contribution in [2.45, 2.75) is 12.8 Å². The van der Waals surface area contributed by atoms with Gasteiger partial charge in [-0.25, -0.2) is 0 Å². The number of rotatable bonds is 8. The van der Waals surface area contributed by atoms with Gasteiger partial charge in [-0.05, 0) is 42.8 Å². The molecular formula is C23H20ClNO3. The number of para-hydroxylation sites is 1. The van der Waals surface area contributed by atoms with E-state index in [9.17, 15) is 9.59 Å². The molecule has 4 nitrogen and oxygen atoms in total. The Kier molecular flexibility index (Phi) is 6.82. The zero-order chi connectivity index (χ0) is 19.8. The number of hydrogen-bond acceptors (Lipinski definition) is 3. The number of nitrogens with one attached hydrogen (secondary N) is 1. The average molecular weight is 394 g/mol. The summed E-state index contributed by atoms with van der Waals surface area (Å²) in [6.45, 7) is 0.416. The Balaban J connectivity index is 1.54. The standard InChI is InChI=1S/C23H20ClNO3/c24-18-12-14-19(15-13-18)28-16-6-11-22(26)25-21-10-5-4-9-20(21)23(27)17-7-2-1-3-8-17/h1-5,7-10,12-15H,6,11,16H2,(H,25,26). The van der Waals surface area contributed by atoms with E-state index in [-0.39, 0.29) is 11.7 Å². The van der Waals surface area contributed by atoms with E-state index in [0.717, 1.165) is 0 Å². The van der Waals surface area contributed by atoms with E-state index in [1.54, 1.807) is 60.7 Å². The van der Waals surface area contributed by atoms with Crippen molar-refractivity contribution in [3.63, 3.8) is 0 Å². The zero-order valence-corrected chi connectivity index (χ0v) is 16.0. The Morgan fingerprint density at radius 2 is 1.54 bits per heavy atom. The van der Waals surface area contributed by atoms with Crippen molar-refractivity contribution in [2.24, 2.45) is 0 Å². The third-order valence-corrected chi connectivity index (χ3v) is 4.36. The molecule has 0 heterocycles. The second kappa shape index (κ2) is 9.72. The number of ether oxygens (including phenoxy) is 1. The molecule has 5 heteroatoms. The Hall–Kier alpha value is -3.11. The molecule has 0 aliphatic heterocycles. The summed E-state index contributed by atoms with van der Waals surface area (Å²) in [4.78, 5) is 25.0. The van der Waals surface area contributed by atoms with Gasteiger partial charge in [0.05, 0.1) is 12.3 Å². The molecule has 1 N–H and O–H groups in total. The highest BCUT2D eigenvalue weighted by Crippen LogP contribution is 2.20. The van der Waals surface area contributed by atoms with E-state index in [2.05, 4.69) is 5.32 Å². The van der Waals surface area contributed by atoms with Crippen LogP contribution in [-0.4, -0.2) is 18.3 Å². The lowest BCUT2D eigenvalue weighted by Gasteiger charge is -2.11. The minimum Gasteiger partial charge on any atom is -0.494 e. The molecule has 0 aromatic heterocycles. The highest BCUT2D eigenvalue weighted by atomic mass is 35.5. The number of hydrogen-bond donors (Lipinski definition) is 1. The third-order valence-electron chi connectivity index (χ3n) is 4.11. The monoisotopic (exact) mass is 393 g/mol. The second-order valence-electron chi connectivity index (χ2n) is 6.19. The smallest absolute Gasteiger partial charge is 0.224 e. The Morgan fingerprint density at radius 3 is 2.29 bits per heavy atom. The summed E-state index contributed by atoms with van der Waals surface area (Å²) in [5.74, 6) is 0.430. The van der Waals surface area contributed by atoms with Crippen LogP contribution in [0.15, 0.2) is 78.9 Å². The minimum absolute atomic E-state index is 0.123. The van der Waals surface area contributed by atoms with Crippen molar-refractivity contribution >= 4 is 29.0 Å². The maximum absolute atomic E-state index is 12.7. The van der Waals surface area contributed by atoms with Crippen LogP contribution in [0.3, 0.4) is 0 Å². The summed E-state index contributed by atoms with van der Waals surface area (Å²) in [6.07, 6.45) is 0.852. The van der Waals surface area contributed by atoms with Crippen LogP contribution in [0.5, 0.6) is 5.75 Å². The molecule has 0 aliphatic rings. The molecule has 0 aliphatic carbocycles. The number of anilines is 1. The molecule has 3 aromatic carbocycles. The average Bonchev–Trinajstić information content (AvgIpc) is 2.73. The molecule has 3 aromatic rings.